The first-order chi connectivity index (χ1) is 5.77. The van der Waals surface area contributed by atoms with Crippen molar-refractivity contribution in [1.29, 1.82) is 0 Å². The summed E-state index contributed by atoms with van der Waals surface area (Å²) in [5.41, 5.74) is 0. The maximum atomic E-state index is 10.3. The molecular weight excluding hydrogens is 152 g/mol. The minimum absolute atomic E-state index is 0.253. The van der Waals surface area contributed by atoms with Gasteiger partial charge in [-0.3, -0.25) is 4.79 Å². The highest BCUT2D eigenvalue weighted by molar-refractivity contribution is 5.65. The molecule has 0 aromatic heterocycles. The molecular formula is C10H14O2. The fraction of sp³-hybridized carbons (Fsp3) is 0.300. The molecule has 0 aromatic carbocycles. The summed E-state index contributed by atoms with van der Waals surface area (Å²) in [7, 11) is 0. The molecule has 0 atom stereocenters. The molecule has 0 fully saturated rings. The van der Waals surface area contributed by atoms with Crippen LogP contribution in [-0.2, 0) is 9.53 Å². The van der Waals surface area contributed by atoms with Gasteiger partial charge in [0.05, 0.1) is 0 Å². The lowest BCUT2D eigenvalue weighted by Crippen LogP contribution is -1.96. The lowest BCUT2D eigenvalue weighted by molar-refractivity contribution is -0.139. The van der Waals surface area contributed by atoms with Crippen LogP contribution in [0.3, 0.4) is 0 Å². The zero-order chi connectivity index (χ0) is 9.23. The number of hydrogen-bond acceptors (Lipinski definition) is 2. The van der Waals surface area contributed by atoms with Crippen LogP contribution in [0.4, 0.5) is 0 Å². The molecule has 0 aliphatic heterocycles. The summed E-state index contributed by atoms with van der Waals surface area (Å²) in [5, 5.41) is 0. The first kappa shape index (κ1) is 10.7. The quantitative estimate of drug-likeness (QED) is 0.473. The van der Waals surface area contributed by atoms with E-state index in [2.05, 4.69) is 4.74 Å². The Kier molecular flexibility index (Phi) is 6.94. The third-order valence-electron chi connectivity index (χ3n) is 1.04. The van der Waals surface area contributed by atoms with E-state index in [1.165, 1.54) is 6.92 Å². The number of ether oxygens (including phenoxy) is 1. The van der Waals surface area contributed by atoms with Crippen molar-refractivity contribution in [2.75, 3.05) is 6.61 Å². The zero-order valence-corrected chi connectivity index (χ0v) is 7.49. The normalized spacial score (nSPS) is 11.8. The number of esters is 1. The van der Waals surface area contributed by atoms with Gasteiger partial charge in [-0.25, -0.2) is 0 Å². The topological polar surface area (TPSA) is 26.3 Å². The summed E-state index contributed by atoms with van der Waals surface area (Å²) in [6.45, 7) is 3.69. The molecule has 0 bridgehead atoms. The third kappa shape index (κ3) is 8.69. The molecule has 0 aromatic rings. The van der Waals surface area contributed by atoms with Crippen LogP contribution in [0.15, 0.2) is 36.5 Å². The minimum Gasteiger partial charge on any atom is -0.462 e. The van der Waals surface area contributed by atoms with E-state index < -0.39 is 0 Å². The zero-order valence-electron chi connectivity index (χ0n) is 7.49. The Bertz CT molecular complexity index is 200. The molecule has 2 nitrogen and oxygen atoms in total. The predicted molar refractivity (Wildman–Crippen MR) is 49.7 cm³/mol. The highest BCUT2D eigenvalue weighted by Crippen LogP contribution is 1.82. The summed E-state index contributed by atoms with van der Waals surface area (Å²) in [6.07, 6.45) is 11.3. The van der Waals surface area contributed by atoms with Gasteiger partial charge in [-0.2, -0.15) is 0 Å². The minimum atomic E-state index is -0.253. The van der Waals surface area contributed by atoms with Gasteiger partial charge in [0, 0.05) is 6.92 Å². The number of carbonyl (C=O) groups excluding carboxylic acids is 1. The first-order valence-electron chi connectivity index (χ1n) is 3.85. The summed E-state index contributed by atoms with van der Waals surface area (Å²) in [4.78, 5) is 10.3. The molecule has 0 aliphatic rings. The Balaban J connectivity index is 3.43. The highest BCUT2D eigenvalue weighted by atomic mass is 16.5. The second kappa shape index (κ2) is 7.79. The standard InChI is InChI=1S/C10H14O2/c1-3-4-5-6-7-8-9-12-10(2)11/h3-8H,9H2,1-2H3/b4-3-,6-5-,8-7+. The fourth-order valence-corrected chi connectivity index (χ4v) is 0.539. The Hall–Kier alpha value is -1.31. The molecule has 2 heteroatoms. The van der Waals surface area contributed by atoms with Crippen LogP contribution in [0.5, 0.6) is 0 Å². The van der Waals surface area contributed by atoms with Crippen molar-refractivity contribution in [3.05, 3.63) is 36.5 Å². The summed E-state index contributed by atoms with van der Waals surface area (Å²) in [6, 6.07) is 0. The van der Waals surface area contributed by atoms with Gasteiger partial charge in [0.15, 0.2) is 0 Å². The molecule has 0 amide bonds. The van der Waals surface area contributed by atoms with Crippen LogP contribution in [-0.4, -0.2) is 12.6 Å². The van der Waals surface area contributed by atoms with Crippen LogP contribution in [0.1, 0.15) is 13.8 Å². The van der Waals surface area contributed by atoms with Crippen molar-refractivity contribution in [3.63, 3.8) is 0 Å². The SMILES string of the molecule is C\C=C/C=C\C=C\COC(C)=O. The smallest absolute Gasteiger partial charge is 0.302 e. The lowest BCUT2D eigenvalue weighted by atomic mass is 10.4. The maximum absolute atomic E-state index is 10.3. The summed E-state index contributed by atoms with van der Waals surface area (Å²) in [5.74, 6) is -0.253. The number of rotatable bonds is 4. The fourth-order valence-electron chi connectivity index (χ4n) is 0.539. The van der Waals surface area contributed by atoms with Crippen molar-refractivity contribution >= 4 is 5.97 Å². The predicted octanol–water partition coefficient (Wildman–Crippen LogP) is 2.24. The van der Waals surface area contributed by atoms with E-state index in [9.17, 15) is 4.79 Å². The number of hydrogen-bond donors (Lipinski definition) is 0. The molecule has 0 radical (unpaired) electrons. The van der Waals surface area contributed by atoms with Gasteiger partial charge >= 0.3 is 5.97 Å². The monoisotopic (exact) mass is 166 g/mol. The number of allylic oxidation sites excluding steroid dienone is 5. The van der Waals surface area contributed by atoms with Crippen LogP contribution in [0, 0.1) is 0 Å². The van der Waals surface area contributed by atoms with Crippen LogP contribution >= 0.6 is 0 Å². The maximum Gasteiger partial charge on any atom is 0.302 e. The molecule has 0 heterocycles. The van der Waals surface area contributed by atoms with E-state index in [4.69, 9.17) is 0 Å². The molecule has 0 aliphatic carbocycles. The van der Waals surface area contributed by atoms with Crippen LogP contribution in [0.25, 0.3) is 0 Å². The van der Waals surface area contributed by atoms with Gasteiger partial charge in [-0.05, 0) is 13.0 Å². The van der Waals surface area contributed by atoms with Crippen molar-refractivity contribution in [1.82, 2.24) is 0 Å². The van der Waals surface area contributed by atoms with Gasteiger partial charge in [0.1, 0.15) is 6.61 Å². The Morgan fingerprint density at radius 2 is 1.92 bits per heavy atom. The Labute approximate surface area is 73.2 Å². The van der Waals surface area contributed by atoms with E-state index in [0.29, 0.717) is 6.61 Å². The van der Waals surface area contributed by atoms with E-state index in [-0.39, 0.29) is 5.97 Å². The number of carbonyl (C=O) groups is 1. The molecule has 0 saturated heterocycles. The second-order valence-corrected chi connectivity index (χ2v) is 2.14. The third-order valence-corrected chi connectivity index (χ3v) is 1.04. The molecule has 0 N–H and O–H groups in total. The van der Waals surface area contributed by atoms with Crippen LogP contribution < -0.4 is 0 Å². The van der Waals surface area contributed by atoms with Crippen molar-refractivity contribution in [2.45, 2.75) is 13.8 Å². The van der Waals surface area contributed by atoms with Gasteiger partial charge in [0.2, 0.25) is 0 Å². The average Bonchev–Trinajstić information content (AvgIpc) is 2.02. The molecule has 0 saturated carbocycles. The van der Waals surface area contributed by atoms with E-state index >= 15 is 0 Å². The van der Waals surface area contributed by atoms with E-state index in [1.807, 2.05) is 37.3 Å². The summed E-state index contributed by atoms with van der Waals surface area (Å²) >= 11 is 0. The summed E-state index contributed by atoms with van der Waals surface area (Å²) < 4.78 is 4.67. The van der Waals surface area contributed by atoms with Gasteiger partial charge in [-0.1, -0.05) is 30.4 Å². The molecule has 12 heavy (non-hydrogen) atoms. The second-order valence-electron chi connectivity index (χ2n) is 2.14. The largest absolute Gasteiger partial charge is 0.462 e. The van der Waals surface area contributed by atoms with Gasteiger partial charge in [0.25, 0.3) is 0 Å². The molecule has 0 spiro atoms. The van der Waals surface area contributed by atoms with Crippen molar-refractivity contribution in [2.24, 2.45) is 0 Å². The average molecular weight is 166 g/mol. The highest BCUT2D eigenvalue weighted by Gasteiger charge is 1.84. The van der Waals surface area contributed by atoms with Gasteiger partial charge < -0.3 is 4.74 Å². The van der Waals surface area contributed by atoms with E-state index in [0.717, 1.165) is 0 Å². The van der Waals surface area contributed by atoms with Crippen LogP contribution in [0.2, 0.25) is 0 Å². The molecule has 0 rings (SSSR count). The molecule has 0 unspecified atom stereocenters. The van der Waals surface area contributed by atoms with Crippen molar-refractivity contribution in [3.8, 4) is 0 Å². The van der Waals surface area contributed by atoms with E-state index in [1.54, 1.807) is 6.08 Å². The molecule has 66 valence electrons. The first-order valence-corrected chi connectivity index (χ1v) is 3.85. The lowest BCUT2D eigenvalue weighted by Gasteiger charge is -1.92. The van der Waals surface area contributed by atoms with Crippen molar-refractivity contribution < 1.29 is 9.53 Å². The Morgan fingerprint density at radius 1 is 1.25 bits per heavy atom. The Morgan fingerprint density at radius 3 is 2.50 bits per heavy atom. The van der Waals surface area contributed by atoms with Gasteiger partial charge in [-0.15, -0.1) is 0 Å².